The topological polar surface area (TPSA) is 65.1 Å². The largest absolute Gasteiger partial charge is 0.466 e. The van der Waals surface area contributed by atoms with Crippen molar-refractivity contribution in [1.29, 1.82) is 0 Å². The Hall–Kier alpha value is -1.88. The van der Waals surface area contributed by atoms with Crippen molar-refractivity contribution >= 4 is 11.9 Å². The van der Waals surface area contributed by atoms with Crippen molar-refractivity contribution in [1.82, 2.24) is 0 Å². The molecule has 2 fully saturated rings. The maximum absolute atomic E-state index is 12.1. The first kappa shape index (κ1) is 26.7. The van der Waals surface area contributed by atoms with Gasteiger partial charge in [0.1, 0.15) is 12.2 Å². The molecular weight excluding hydrogens is 428 g/mol. The monoisotopic (exact) mass is 472 g/mol. The van der Waals surface area contributed by atoms with Crippen LogP contribution in [0.15, 0.2) is 35.5 Å². The molecule has 1 aliphatic heterocycles. The van der Waals surface area contributed by atoms with Crippen molar-refractivity contribution in [2.75, 3.05) is 13.7 Å². The number of ether oxygens (including phenoxy) is 3. The average molecular weight is 473 g/mol. The Bertz CT molecular complexity index is 851. The smallest absolute Gasteiger partial charge is 0.330 e. The van der Waals surface area contributed by atoms with E-state index in [4.69, 9.17) is 14.2 Å². The van der Waals surface area contributed by atoms with E-state index in [1.54, 1.807) is 0 Å². The molecule has 5 heteroatoms. The van der Waals surface area contributed by atoms with E-state index in [1.165, 1.54) is 56.9 Å². The molecule has 0 aromatic rings. The Balaban J connectivity index is 1.91. The summed E-state index contributed by atoms with van der Waals surface area (Å²) in [6.45, 7) is 15.3. The van der Waals surface area contributed by atoms with Crippen LogP contribution in [0.1, 0.15) is 86.0 Å². The van der Waals surface area contributed by atoms with Crippen LogP contribution in [0.25, 0.3) is 0 Å². The second kappa shape index (κ2) is 10.8. The quantitative estimate of drug-likeness (QED) is 0.161. The van der Waals surface area contributed by atoms with Gasteiger partial charge in [0.25, 0.3) is 0 Å². The summed E-state index contributed by atoms with van der Waals surface area (Å²) < 4.78 is 16.3. The molecule has 1 saturated carbocycles. The van der Waals surface area contributed by atoms with E-state index in [0.717, 1.165) is 24.8 Å². The van der Waals surface area contributed by atoms with E-state index in [-0.39, 0.29) is 22.9 Å². The highest BCUT2D eigenvalue weighted by atomic mass is 16.6. The lowest BCUT2D eigenvalue weighted by Gasteiger charge is -2.55. The SMILES string of the molecule is C=C(C)CCC[C@@]1(C)CCC=C2[C@@H]1CC[C@@H](C)[C@]2(C)C[C@@H](OC(C)=O)/C(=C/C(=O)OC)C1CO1. The number of rotatable bonds is 10. The summed E-state index contributed by atoms with van der Waals surface area (Å²) in [6.07, 6.45) is 12.1. The molecule has 34 heavy (non-hydrogen) atoms. The first-order chi connectivity index (χ1) is 16.0. The van der Waals surface area contributed by atoms with Gasteiger partial charge < -0.3 is 14.2 Å². The summed E-state index contributed by atoms with van der Waals surface area (Å²) in [5.41, 5.74) is 3.67. The zero-order valence-corrected chi connectivity index (χ0v) is 22.1. The Morgan fingerprint density at radius 1 is 1.29 bits per heavy atom. The third-order valence-electron chi connectivity index (χ3n) is 8.76. The molecule has 3 aliphatic rings. The molecule has 190 valence electrons. The third kappa shape index (κ3) is 6.02. The summed E-state index contributed by atoms with van der Waals surface area (Å²) in [4.78, 5) is 24.2. The van der Waals surface area contributed by atoms with Crippen LogP contribution in [0.5, 0.6) is 0 Å². The van der Waals surface area contributed by atoms with Crippen LogP contribution in [0, 0.1) is 22.7 Å². The first-order valence-corrected chi connectivity index (χ1v) is 12.9. The lowest BCUT2D eigenvalue weighted by Crippen LogP contribution is -2.46. The third-order valence-corrected chi connectivity index (χ3v) is 8.76. The van der Waals surface area contributed by atoms with E-state index in [1.807, 2.05) is 0 Å². The van der Waals surface area contributed by atoms with E-state index in [9.17, 15) is 9.59 Å². The molecule has 1 unspecified atom stereocenters. The highest BCUT2D eigenvalue weighted by Crippen LogP contribution is 2.60. The number of fused-ring (bicyclic) bond motifs is 1. The van der Waals surface area contributed by atoms with Crippen LogP contribution in [-0.2, 0) is 23.8 Å². The molecule has 3 rings (SSSR count). The molecule has 1 saturated heterocycles. The van der Waals surface area contributed by atoms with Gasteiger partial charge in [-0.1, -0.05) is 38.0 Å². The number of allylic oxidation sites excluding steroid dienone is 3. The van der Waals surface area contributed by atoms with Gasteiger partial charge in [-0.2, -0.15) is 0 Å². The number of carbonyl (C=O) groups is 2. The van der Waals surface area contributed by atoms with Crippen molar-refractivity contribution in [2.45, 2.75) is 98.2 Å². The zero-order valence-electron chi connectivity index (χ0n) is 22.1. The lowest BCUT2D eigenvalue weighted by atomic mass is 9.50. The molecule has 0 spiro atoms. The summed E-state index contributed by atoms with van der Waals surface area (Å²) in [5, 5.41) is 0. The second-order valence-corrected chi connectivity index (χ2v) is 11.4. The van der Waals surface area contributed by atoms with Gasteiger partial charge in [0.2, 0.25) is 0 Å². The molecule has 0 aromatic carbocycles. The van der Waals surface area contributed by atoms with Crippen LogP contribution in [0.2, 0.25) is 0 Å². The predicted octanol–water partition coefficient (Wildman–Crippen LogP) is 6.33. The Morgan fingerprint density at radius 3 is 2.59 bits per heavy atom. The second-order valence-electron chi connectivity index (χ2n) is 11.4. The van der Waals surface area contributed by atoms with Crippen LogP contribution in [-0.4, -0.2) is 37.9 Å². The van der Waals surface area contributed by atoms with E-state index >= 15 is 0 Å². The molecule has 0 radical (unpaired) electrons. The highest BCUT2D eigenvalue weighted by molar-refractivity contribution is 5.83. The summed E-state index contributed by atoms with van der Waals surface area (Å²) >= 11 is 0. The summed E-state index contributed by atoms with van der Waals surface area (Å²) in [6, 6.07) is 0. The molecule has 0 aromatic heterocycles. The molecule has 6 atom stereocenters. The minimum atomic E-state index is -0.507. The van der Waals surface area contributed by atoms with E-state index in [2.05, 4.69) is 40.3 Å². The normalized spacial score (nSPS) is 33.9. The van der Waals surface area contributed by atoms with E-state index < -0.39 is 12.1 Å². The number of esters is 2. The summed E-state index contributed by atoms with van der Waals surface area (Å²) in [5.74, 6) is 0.206. The zero-order chi connectivity index (χ0) is 25.1. The van der Waals surface area contributed by atoms with Gasteiger partial charge in [0, 0.05) is 18.6 Å². The van der Waals surface area contributed by atoms with Gasteiger partial charge in [0.05, 0.1) is 13.7 Å². The molecule has 0 amide bonds. The van der Waals surface area contributed by atoms with Crippen molar-refractivity contribution in [2.24, 2.45) is 22.7 Å². The van der Waals surface area contributed by atoms with Crippen molar-refractivity contribution in [3.05, 3.63) is 35.5 Å². The molecule has 0 bridgehead atoms. The van der Waals surface area contributed by atoms with Gasteiger partial charge in [-0.25, -0.2) is 4.79 Å². The fourth-order valence-electron chi connectivity index (χ4n) is 6.46. The van der Waals surface area contributed by atoms with Crippen LogP contribution in [0.3, 0.4) is 0 Å². The van der Waals surface area contributed by atoms with Gasteiger partial charge in [-0.05, 0) is 81.0 Å². The molecule has 5 nitrogen and oxygen atoms in total. The Kier molecular flexibility index (Phi) is 8.49. The van der Waals surface area contributed by atoms with Crippen molar-refractivity contribution in [3.63, 3.8) is 0 Å². The minimum absolute atomic E-state index is 0.122. The Morgan fingerprint density at radius 2 is 2.00 bits per heavy atom. The minimum Gasteiger partial charge on any atom is -0.466 e. The maximum Gasteiger partial charge on any atom is 0.330 e. The van der Waals surface area contributed by atoms with E-state index in [0.29, 0.717) is 24.9 Å². The number of methoxy groups -OCH3 is 1. The van der Waals surface area contributed by atoms with Crippen LogP contribution < -0.4 is 0 Å². The number of hydrogen-bond donors (Lipinski definition) is 0. The predicted molar refractivity (Wildman–Crippen MR) is 134 cm³/mol. The van der Waals surface area contributed by atoms with Gasteiger partial charge in [0.15, 0.2) is 0 Å². The molecule has 1 heterocycles. The van der Waals surface area contributed by atoms with Crippen molar-refractivity contribution in [3.8, 4) is 0 Å². The fraction of sp³-hybridized carbons (Fsp3) is 0.724. The molecule has 0 N–H and O–H groups in total. The van der Waals surface area contributed by atoms with Crippen LogP contribution >= 0.6 is 0 Å². The number of carbonyl (C=O) groups excluding carboxylic acids is 2. The number of hydrogen-bond acceptors (Lipinski definition) is 5. The summed E-state index contributed by atoms with van der Waals surface area (Å²) in [7, 11) is 1.36. The number of epoxide rings is 1. The standard InChI is InChI=1S/C29H44O5/c1-19(2)10-8-14-28(5)15-9-11-24-23(28)13-12-20(3)29(24,6)17-25(34-21(4)30)22(26-18-33-26)16-27(31)32-7/h11,16,20,23,25-26H,1,8-10,12-15,17-18H2,2-7H3/b22-16-/t20-,23+,25-,26?,28+,29+/m1/s1. The highest BCUT2D eigenvalue weighted by Gasteiger charge is 2.51. The van der Waals surface area contributed by atoms with Gasteiger partial charge in [-0.15, -0.1) is 6.58 Å². The lowest BCUT2D eigenvalue weighted by molar-refractivity contribution is -0.147. The fourth-order valence-corrected chi connectivity index (χ4v) is 6.46. The van der Waals surface area contributed by atoms with Crippen LogP contribution in [0.4, 0.5) is 0 Å². The average Bonchev–Trinajstić information content (AvgIpc) is 3.59. The first-order valence-electron chi connectivity index (χ1n) is 12.9. The Labute approximate surface area is 206 Å². The van der Waals surface area contributed by atoms with Gasteiger partial charge in [-0.3, -0.25) is 4.79 Å². The maximum atomic E-state index is 12.1. The molecule has 2 aliphatic carbocycles. The van der Waals surface area contributed by atoms with Crippen molar-refractivity contribution < 1.29 is 23.8 Å². The van der Waals surface area contributed by atoms with Gasteiger partial charge >= 0.3 is 11.9 Å². The molecular formula is C29H44O5.